The minimum absolute atomic E-state index is 0.00116. The lowest BCUT2D eigenvalue weighted by Crippen LogP contribution is -2.38. The number of nitrogens with two attached hydrogens (primary N) is 1. The Morgan fingerprint density at radius 2 is 2.14 bits per heavy atom. The number of carbonyl (C=O) groups excluding carboxylic acids is 1. The topological polar surface area (TPSA) is 67.4 Å². The molecule has 0 aliphatic carbocycles. The van der Waals surface area contributed by atoms with Crippen LogP contribution in [0.4, 0.5) is 11.4 Å². The number of anilines is 2. The Hall–Kier alpha value is -2.50. The van der Waals surface area contributed by atoms with E-state index in [4.69, 9.17) is 5.73 Å². The van der Waals surface area contributed by atoms with E-state index in [1.54, 1.807) is 12.3 Å². The van der Waals surface area contributed by atoms with Gasteiger partial charge in [-0.25, -0.2) is 4.98 Å². The molecular formula is C15H19N5O. The summed E-state index contributed by atoms with van der Waals surface area (Å²) in [5.41, 5.74) is 8.18. The lowest BCUT2D eigenvalue weighted by Gasteiger charge is -2.28. The number of aromatic nitrogens is 2. The molecule has 1 aliphatic rings. The molecule has 0 fully saturated rings. The Morgan fingerprint density at radius 3 is 2.86 bits per heavy atom. The van der Waals surface area contributed by atoms with Gasteiger partial charge in [0.15, 0.2) is 0 Å². The number of nitrogen functional groups attached to an aromatic ring is 1. The van der Waals surface area contributed by atoms with Crippen LogP contribution >= 0.6 is 0 Å². The number of carbonyl (C=O) groups is 1. The summed E-state index contributed by atoms with van der Waals surface area (Å²) in [5.74, 6) is 0.925. The summed E-state index contributed by atoms with van der Waals surface area (Å²) in [6, 6.07) is 5.46. The van der Waals surface area contributed by atoms with E-state index in [1.165, 1.54) is 0 Å². The number of fused-ring (bicyclic) bond motifs is 1. The minimum Gasteiger partial charge on any atom is -0.397 e. The molecule has 6 nitrogen and oxygen atoms in total. The second-order valence-corrected chi connectivity index (χ2v) is 5.43. The van der Waals surface area contributed by atoms with Gasteiger partial charge in [0.25, 0.3) is 5.91 Å². The quantitative estimate of drug-likeness (QED) is 0.842. The Labute approximate surface area is 123 Å². The summed E-state index contributed by atoms with van der Waals surface area (Å²) in [5, 5.41) is 0. The Bertz CT molecular complexity index is 676. The summed E-state index contributed by atoms with van der Waals surface area (Å²) in [6.07, 6.45) is 3.72. The number of rotatable bonds is 2. The lowest BCUT2D eigenvalue weighted by molar-refractivity contribution is 0.0707. The van der Waals surface area contributed by atoms with Crippen LogP contribution < -0.4 is 10.6 Å². The van der Waals surface area contributed by atoms with Crippen molar-refractivity contribution < 1.29 is 4.79 Å². The van der Waals surface area contributed by atoms with E-state index >= 15 is 0 Å². The molecule has 0 saturated heterocycles. The number of nitrogens with zero attached hydrogens (tertiary/aromatic N) is 4. The maximum absolute atomic E-state index is 12.6. The highest BCUT2D eigenvalue weighted by molar-refractivity contribution is 5.96. The molecule has 0 spiro atoms. The molecule has 1 amide bonds. The van der Waals surface area contributed by atoms with Crippen LogP contribution in [0.15, 0.2) is 30.6 Å². The van der Waals surface area contributed by atoms with Gasteiger partial charge >= 0.3 is 0 Å². The third kappa shape index (κ3) is 2.44. The zero-order chi connectivity index (χ0) is 15.0. The molecule has 0 radical (unpaired) electrons. The van der Waals surface area contributed by atoms with Crippen molar-refractivity contribution in [1.29, 1.82) is 0 Å². The molecule has 6 heteroatoms. The second-order valence-electron chi connectivity index (χ2n) is 5.43. The predicted octanol–water partition coefficient (Wildman–Crippen LogP) is 1.19. The van der Waals surface area contributed by atoms with Gasteiger partial charge in [-0.2, -0.15) is 0 Å². The summed E-state index contributed by atoms with van der Waals surface area (Å²) in [4.78, 5) is 20.6. The fourth-order valence-corrected chi connectivity index (χ4v) is 2.62. The van der Waals surface area contributed by atoms with Crippen LogP contribution in [-0.4, -0.2) is 41.0 Å². The molecule has 0 saturated carbocycles. The molecule has 2 N–H and O–H groups in total. The van der Waals surface area contributed by atoms with E-state index in [9.17, 15) is 4.79 Å². The highest BCUT2D eigenvalue weighted by Gasteiger charge is 2.22. The van der Waals surface area contributed by atoms with E-state index in [1.807, 2.05) is 42.2 Å². The fourth-order valence-electron chi connectivity index (χ4n) is 2.62. The monoisotopic (exact) mass is 285 g/mol. The highest BCUT2D eigenvalue weighted by atomic mass is 16.2. The van der Waals surface area contributed by atoms with Gasteiger partial charge in [-0.3, -0.25) is 4.79 Å². The Morgan fingerprint density at radius 1 is 1.33 bits per heavy atom. The average Bonchev–Trinajstić information content (AvgIpc) is 2.93. The van der Waals surface area contributed by atoms with Crippen molar-refractivity contribution in [2.24, 2.45) is 0 Å². The van der Waals surface area contributed by atoms with Crippen LogP contribution in [0.5, 0.6) is 0 Å². The second kappa shape index (κ2) is 5.12. The Balaban J connectivity index is 1.82. The van der Waals surface area contributed by atoms with Crippen LogP contribution in [0.3, 0.4) is 0 Å². The maximum atomic E-state index is 12.6. The first-order chi connectivity index (χ1) is 10.1. The van der Waals surface area contributed by atoms with E-state index in [0.717, 1.165) is 18.1 Å². The zero-order valence-corrected chi connectivity index (χ0v) is 12.3. The van der Waals surface area contributed by atoms with Crippen molar-refractivity contribution in [2.75, 3.05) is 31.3 Å². The summed E-state index contributed by atoms with van der Waals surface area (Å²) >= 11 is 0. The molecule has 21 heavy (non-hydrogen) atoms. The number of benzene rings is 1. The number of amides is 1. The van der Waals surface area contributed by atoms with E-state index in [-0.39, 0.29) is 5.91 Å². The molecule has 3 rings (SSSR count). The normalized spacial score (nSPS) is 13.9. The van der Waals surface area contributed by atoms with Crippen LogP contribution in [-0.2, 0) is 13.1 Å². The smallest absolute Gasteiger partial charge is 0.254 e. The van der Waals surface area contributed by atoms with E-state index in [0.29, 0.717) is 24.3 Å². The SMILES string of the molecule is CN(C)c1ccc(C(=O)N2CCn3ccnc3C2)cc1N. The predicted molar refractivity (Wildman–Crippen MR) is 82.1 cm³/mol. The van der Waals surface area contributed by atoms with Crippen molar-refractivity contribution in [1.82, 2.24) is 14.5 Å². The first-order valence-electron chi connectivity index (χ1n) is 6.92. The van der Waals surface area contributed by atoms with Gasteiger partial charge in [0, 0.05) is 45.1 Å². The van der Waals surface area contributed by atoms with Gasteiger partial charge in [-0.1, -0.05) is 0 Å². The van der Waals surface area contributed by atoms with E-state index < -0.39 is 0 Å². The molecule has 2 heterocycles. The zero-order valence-electron chi connectivity index (χ0n) is 12.3. The molecule has 2 aromatic rings. The van der Waals surface area contributed by atoms with Crippen molar-refractivity contribution in [3.8, 4) is 0 Å². The van der Waals surface area contributed by atoms with Crippen LogP contribution in [0.25, 0.3) is 0 Å². The molecular weight excluding hydrogens is 266 g/mol. The third-order valence-corrected chi connectivity index (χ3v) is 3.79. The largest absolute Gasteiger partial charge is 0.397 e. The van der Waals surface area contributed by atoms with E-state index in [2.05, 4.69) is 9.55 Å². The van der Waals surface area contributed by atoms with Gasteiger partial charge in [-0.05, 0) is 18.2 Å². The van der Waals surface area contributed by atoms with Crippen molar-refractivity contribution in [3.05, 3.63) is 42.0 Å². The first kappa shape index (κ1) is 13.5. The van der Waals surface area contributed by atoms with Gasteiger partial charge in [0.05, 0.1) is 17.9 Å². The van der Waals surface area contributed by atoms with Crippen molar-refractivity contribution in [3.63, 3.8) is 0 Å². The molecule has 0 bridgehead atoms. The van der Waals surface area contributed by atoms with Gasteiger partial charge < -0.3 is 20.1 Å². The third-order valence-electron chi connectivity index (χ3n) is 3.79. The number of hydrogen-bond donors (Lipinski definition) is 1. The summed E-state index contributed by atoms with van der Waals surface area (Å²) < 4.78 is 2.08. The number of imidazole rings is 1. The molecule has 110 valence electrons. The summed E-state index contributed by atoms with van der Waals surface area (Å²) in [7, 11) is 3.86. The lowest BCUT2D eigenvalue weighted by atomic mass is 10.1. The Kier molecular flexibility index (Phi) is 3.29. The molecule has 1 aliphatic heterocycles. The molecule has 0 atom stereocenters. The maximum Gasteiger partial charge on any atom is 0.254 e. The fraction of sp³-hybridized carbons (Fsp3) is 0.333. The van der Waals surface area contributed by atoms with Crippen LogP contribution in [0.1, 0.15) is 16.2 Å². The van der Waals surface area contributed by atoms with Crippen LogP contribution in [0, 0.1) is 0 Å². The first-order valence-corrected chi connectivity index (χ1v) is 6.92. The standard InChI is InChI=1S/C15H19N5O/c1-18(2)13-4-3-11(9-12(13)16)15(21)20-8-7-19-6-5-17-14(19)10-20/h3-6,9H,7-8,10,16H2,1-2H3. The summed E-state index contributed by atoms with van der Waals surface area (Å²) in [6.45, 7) is 2.02. The average molecular weight is 285 g/mol. The van der Waals surface area contributed by atoms with Gasteiger partial charge in [-0.15, -0.1) is 0 Å². The number of hydrogen-bond acceptors (Lipinski definition) is 4. The van der Waals surface area contributed by atoms with Crippen molar-refractivity contribution >= 4 is 17.3 Å². The van der Waals surface area contributed by atoms with Gasteiger partial charge in [0.2, 0.25) is 0 Å². The highest BCUT2D eigenvalue weighted by Crippen LogP contribution is 2.23. The molecule has 1 aromatic heterocycles. The molecule has 1 aromatic carbocycles. The minimum atomic E-state index is 0.00116. The molecule has 0 unspecified atom stereocenters. The van der Waals surface area contributed by atoms with Crippen molar-refractivity contribution in [2.45, 2.75) is 13.1 Å². The van der Waals surface area contributed by atoms with Gasteiger partial charge in [0.1, 0.15) is 5.82 Å². The van der Waals surface area contributed by atoms with Crippen LogP contribution in [0.2, 0.25) is 0 Å².